The zero-order valence-electron chi connectivity index (χ0n) is 30.6. The number of carboxylic acids is 1. The van der Waals surface area contributed by atoms with Crippen molar-refractivity contribution in [3.05, 3.63) is 59.7 Å². The minimum atomic E-state index is -1.16. The molecule has 1 aliphatic rings. The number of amides is 3. The van der Waals surface area contributed by atoms with Gasteiger partial charge in [0.1, 0.15) is 6.04 Å². The molecule has 0 saturated carbocycles. The fraction of sp³-hybridized carbons (Fsp3) is 0.561. The third kappa shape index (κ3) is 14.1. The van der Waals surface area contributed by atoms with Crippen molar-refractivity contribution in [1.82, 2.24) is 16.0 Å². The Bertz CT molecular complexity index is 1450. The van der Waals surface area contributed by atoms with Gasteiger partial charge in [0, 0.05) is 43.2 Å². The number of carbonyl (C=O) groups is 6. The maximum absolute atomic E-state index is 13.8. The van der Waals surface area contributed by atoms with Gasteiger partial charge in [0.2, 0.25) is 17.7 Å². The van der Waals surface area contributed by atoms with Crippen molar-refractivity contribution < 1.29 is 33.9 Å². The maximum Gasteiger partial charge on any atom is 0.326 e. The van der Waals surface area contributed by atoms with Gasteiger partial charge in [0.15, 0.2) is 11.6 Å². The van der Waals surface area contributed by atoms with Crippen LogP contribution in [0.2, 0.25) is 0 Å². The Morgan fingerprint density at radius 3 is 2.18 bits per heavy atom. The monoisotopic (exact) mass is 703 g/mol. The summed E-state index contributed by atoms with van der Waals surface area (Å²) in [6.45, 7) is 6.17. The van der Waals surface area contributed by atoms with E-state index in [2.05, 4.69) is 54.1 Å². The number of unbranched alkanes of at least 4 members (excludes halogenated alkanes) is 3. The number of aryl methyl sites for hydroxylation is 1. The molecule has 51 heavy (non-hydrogen) atoms. The van der Waals surface area contributed by atoms with E-state index in [0.29, 0.717) is 37.8 Å². The highest BCUT2D eigenvalue weighted by Gasteiger charge is 2.30. The van der Waals surface area contributed by atoms with E-state index in [-0.39, 0.29) is 49.6 Å². The van der Waals surface area contributed by atoms with Crippen LogP contribution in [0.5, 0.6) is 0 Å². The molecular weight excluding hydrogens is 646 g/mol. The molecular formula is C41H57N3O7. The van der Waals surface area contributed by atoms with Crippen LogP contribution in [0.3, 0.4) is 0 Å². The molecule has 2 aromatic carbocycles. The number of hydrogen-bond acceptors (Lipinski definition) is 6. The number of aliphatic carboxylic acids is 1. The second-order valence-corrected chi connectivity index (χ2v) is 14.0. The molecule has 0 radical (unpaired) electrons. The van der Waals surface area contributed by atoms with Crippen LogP contribution in [-0.2, 0) is 30.4 Å². The third-order valence-corrected chi connectivity index (χ3v) is 9.68. The van der Waals surface area contributed by atoms with Gasteiger partial charge in [-0.1, -0.05) is 95.0 Å². The number of Topliss-reactive ketones (excluding diaryl/α,β-unsaturated/α-hetero) is 2. The number of carbonyl (C=O) groups excluding carboxylic acids is 5. The van der Waals surface area contributed by atoms with Crippen LogP contribution in [0.1, 0.15) is 127 Å². The average Bonchev–Trinajstić information content (AvgIpc) is 3.12. The standard InChI is InChI=1S/C41H57N3O7/c1-4-6-8-13-33(27-36(45)32-23-21-31(22-24-32)30-19-17-29(18-20-30)12-7-5-2)40(49)43-34-15-11-16-38(47)42-25-10-9-14-35(41(50)51)44-39(48)28(3)26-37(34)46/h17-24,28,33-35H,4-16,25-27H2,1-3H3,(H,42,47)(H,43,49)(H,44,48)(H,50,51)/t28-,33-,34+,35+/m1/s1. The minimum Gasteiger partial charge on any atom is -0.480 e. The summed E-state index contributed by atoms with van der Waals surface area (Å²) in [5, 5.41) is 17.8. The van der Waals surface area contributed by atoms with E-state index >= 15 is 0 Å². The summed E-state index contributed by atoms with van der Waals surface area (Å²) in [6, 6.07) is 13.8. The van der Waals surface area contributed by atoms with Crippen LogP contribution < -0.4 is 16.0 Å². The fourth-order valence-corrected chi connectivity index (χ4v) is 6.37. The molecule has 1 saturated heterocycles. The highest BCUT2D eigenvalue weighted by atomic mass is 16.4. The Hall–Kier alpha value is -4.34. The molecule has 4 atom stereocenters. The van der Waals surface area contributed by atoms with Crippen molar-refractivity contribution in [2.24, 2.45) is 11.8 Å². The van der Waals surface area contributed by atoms with Gasteiger partial charge in [-0.25, -0.2) is 4.79 Å². The molecule has 0 spiro atoms. The van der Waals surface area contributed by atoms with Crippen LogP contribution in [0.4, 0.5) is 0 Å². The molecule has 10 heteroatoms. The average molecular weight is 704 g/mol. The zero-order chi connectivity index (χ0) is 37.2. The van der Waals surface area contributed by atoms with Gasteiger partial charge >= 0.3 is 5.97 Å². The van der Waals surface area contributed by atoms with Gasteiger partial charge < -0.3 is 21.1 Å². The maximum atomic E-state index is 13.8. The van der Waals surface area contributed by atoms with E-state index in [4.69, 9.17) is 0 Å². The smallest absolute Gasteiger partial charge is 0.326 e. The first-order valence-electron chi connectivity index (χ1n) is 18.9. The normalized spacial score (nSPS) is 20.1. The number of nitrogens with one attached hydrogen (secondary N) is 3. The molecule has 3 rings (SSSR count). The molecule has 3 amide bonds. The second-order valence-electron chi connectivity index (χ2n) is 14.0. The molecule has 1 aliphatic heterocycles. The third-order valence-electron chi connectivity index (χ3n) is 9.68. The predicted octanol–water partition coefficient (Wildman–Crippen LogP) is 6.59. The minimum absolute atomic E-state index is 0.0142. The van der Waals surface area contributed by atoms with Gasteiger partial charge in [-0.15, -0.1) is 0 Å². The van der Waals surface area contributed by atoms with E-state index in [0.717, 1.165) is 49.7 Å². The lowest BCUT2D eigenvalue weighted by Gasteiger charge is -2.24. The van der Waals surface area contributed by atoms with Gasteiger partial charge in [-0.2, -0.15) is 0 Å². The lowest BCUT2D eigenvalue weighted by molar-refractivity contribution is -0.143. The molecule has 0 aromatic heterocycles. The first-order valence-corrected chi connectivity index (χ1v) is 18.9. The Morgan fingerprint density at radius 2 is 1.53 bits per heavy atom. The van der Waals surface area contributed by atoms with E-state index in [1.807, 2.05) is 12.1 Å². The van der Waals surface area contributed by atoms with Crippen LogP contribution >= 0.6 is 0 Å². The Balaban J connectivity index is 1.73. The summed E-state index contributed by atoms with van der Waals surface area (Å²) < 4.78 is 0. The number of carboxylic acid groups (broad SMARTS) is 1. The molecule has 0 aliphatic carbocycles. The van der Waals surface area contributed by atoms with Crippen molar-refractivity contribution in [3.8, 4) is 11.1 Å². The molecule has 1 fully saturated rings. The Labute approximate surface area is 302 Å². The summed E-state index contributed by atoms with van der Waals surface area (Å²) in [5.74, 6) is -4.31. The van der Waals surface area contributed by atoms with E-state index in [9.17, 15) is 33.9 Å². The first-order chi connectivity index (χ1) is 24.5. The lowest BCUT2D eigenvalue weighted by atomic mass is 9.90. The molecule has 4 N–H and O–H groups in total. The van der Waals surface area contributed by atoms with Crippen LogP contribution in [-0.4, -0.2) is 59.0 Å². The van der Waals surface area contributed by atoms with Crippen LogP contribution in [0.25, 0.3) is 11.1 Å². The number of rotatable bonds is 14. The predicted molar refractivity (Wildman–Crippen MR) is 198 cm³/mol. The number of benzene rings is 2. The molecule has 0 unspecified atom stereocenters. The topological polar surface area (TPSA) is 159 Å². The molecule has 10 nitrogen and oxygen atoms in total. The van der Waals surface area contributed by atoms with E-state index < -0.39 is 41.7 Å². The van der Waals surface area contributed by atoms with Crippen molar-refractivity contribution in [3.63, 3.8) is 0 Å². The van der Waals surface area contributed by atoms with E-state index in [1.54, 1.807) is 19.1 Å². The highest BCUT2D eigenvalue weighted by molar-refractivity contribution is 6.00. The van der Waals surface area contributed by atoms with Gasteiger partial charge in [0.05, 0.1) is 6.04 Å². The fourth-order valence-electron chi connectivity index (χ4n) is 6.37. The van der Waals surface area contributed by atoms with Gasteiger partial charge in [-0.05, 0) is 68.1 Å². The summed E-state index contributed by atoms with van der Waals surface area (Å²) >= 11 is 0. The Morgan fingerprint density at radius 1 is 0.863 bits per heavy atom. The van der Waals surface area contributed by atoms with Gasteiger partial charge in [-0.3, -0.25) is 24.0 Å². The number of ketones is 2. The number of hydrogen-bond donors (Lipinski definition) is 4. The van der Waals surface area contributed by atoms with Crippen molar-refractivity contribution in [1.29, 1.82) is 0 Å². The summed E-state index contributed by atoms with van der Waals surface area (Å²) in [5.41, 5.74) is 3.88. The zero-order valence-corrected chi connectivity index (χ0v) is 30.6. The Kier molecular flexibility index (Phi) is 17.5. The van der Waals surface area contributed by atoms with Crippen molar-refractivity contribution >= 4 is 35.3 Å². The molecule has 2 aromatic rings. The molecule has 278 valence electrons. The molecule has 1 heterocycles. The lowest BCUT2D eigenvalue weighted by Crippen LogP contribution is -2.47. The van der Waals surface area contributed by atoms with Crippen LogP contribution in [0.15, 0.2) is 48.5 Å². The highest BCUT2D eigenvalue weighted by Crippen LogP contribution is 2.24. The quantitative estimate of drug-likeness (QED) is 0.128. The first kappa shape index (κ1) is 41.1. The van der Waals surface area contributed by atoms with Gasteiger partial charge in [0.25, 0.3) is 0 Å². The van der Waals surface area contributed by atoms with Crippen molar-refractivity contribution in [2.45, 2.75) is 129 Å². The largest absolute Gasteiger partial charge is 0.480 e. The van der Waals surface area contributed by atoms with Crippen molar-refractivity contribution in [2.75, 3.05) is 6.54 Å². The summed E-state index contributed by atoms with van der Waals surface area (Å²) in [6.07, 6.45) is 8.15. The van der Waals surface area contributed by atoms with Crippen LogP contribution in [0, 0.1) is 11.8 Å². The SMILES string of the molecule is CCCCC[C@H](CC(=O)c1ccc(-c2ccc(CCCC)cc2)cc1)C(=O)N[C@H]1CCCC(=O)NCCCC[C@@H](C(=O)O)NC(=O)[C@H](C)CC1=O. The van der Waals surface area contributed by atoms with E-state index in [1.165, 1.54) is 5.56 Å². The second kappa shape index (κ2) is 21.8. The summed E-state index contributed by atoms with van der Waals surface area (Å²) in [7, 11) is 0. The summed E-state index contributed by atoms with van der Waals surface area (Å²) in [4.78, 5) is 78.0. The molecule has 0 bridgehead atoms.